The van der Waals surface area contributed by atoms with Crippen LogP contribution in [-0.4, -0.2) is 41.0 Å². The molecule has 10 heteroatoms. The highest BCUT2D eigenvalue weighted by atomic mass is 16.6. The molecule has 0 fully saturated rings. The molecule has 0 saturated carbocycles. The largest absolute Gasteiger partial charge is 0.449 e. The lowest BCUT2D eigenvalue weighted by atomic mass is 9.86. The Balaban J connectivity index is 1.77. The van der Waals surface area contributed by atoms with Crippen LogP contribution < -0.4 is 10.6 Å². The summed E-state index contributed by atoms with van der Waals surface area (Å²) >= 11 is 0. The Labute approximate surface area is 206 Å². The zero-order valence-corrected chi connectivity index (χ0v) is 19.7. The van der Waals surface area contributed by atoms with Crippen molar-refractivity contribution < 1.29 is 24.0 Å². The van der Waals surface area contributed by atoms with Crippen molar-refractivity contribution in [2.75, 3.05) is 7.05 Å². The number of carbonyl (C=O) groups is 3. The quantitative estimate of drug-likeness (QED) is 0.314. The predicted molar refractivity (Wildman–Crippen MR) is 133 cm³/mol. The summed E-state index contributed by atoms with van der Waals surface area (Å²) in [6.45, 7) is 1.39. The predicted octanol–water partition coefficient (Wildman–Crippen LogP) is 4.02. The zero-order valence-electron chi connectivity index (χ0n) is 19.7. The Morgan fingerprint density at radius 2 is 1.92 bits per heavy atom. The van der Waals surface area contributed by atoms with E-state index in [0.717, 1.165) is 12.0 Å². The van der Waals surface area contributed by atoms with E-state index in [0.29, 0.717) is 46.1 Å². The van der Waals surface area contributed by atoms with E-state index >= 15 is 0 Å². The van der Waals surface area contributed by atoms with Crippen LogP contribution in [0.25, 0.3) is 22.6 Å². The van der Waals surface area contributed by atoms with E-state index in [9.17, 15) is 24.5 Å². The molecule has 36 heavy (non-hydrogen) atoms. The number of allylic oxidation sites excluding steroid dienone is 1. The van der Waals surface area contributed by atoms with Crippen molar-refractivity contribution in [2.45, 2.75) is 32.3 Å². The average molecular weight is 489 g/mol. The minimum Gasteiger partial charge on any atom is -0.449 e. The second kappa shape index (κ2) is 10.3. The number of pyridine rings is 1. The molecule has 0 saturated heterocycles. The molecule has 10 nitrogen and oxygen atoms in total. The fourth-order valence-electron chi connectivity index (χ4n) is 4.19. The van der Waals surface area contributed by atoms with E-state index in [1.165, 1.54) is 26.1 Å². The number of hydrogen-bond acceptors (Lipinski definition) is 7. The number of amides is 3. The van der Waals surface area contributed by atoms with Gasteiger partial charge in [-0.25, -0.2) is 14.6 Å². The van der Waals surface area contributed by atoms with Gasteiger partial charge in [0, 0.05) is 24.6 Å². The first-order valence-corrected chi connectivity index (χ1v) is 11.4. The summed E-state index contributed by atoms with van der Waals surface area (Å²) in [6, 6.07) is 12.8. The summed E-state index contributed by atoms with van der Waals surface area (Å²) in [5.74, 6) is -1.44. The number of esters is 1. The van der Waals surface area contributed by atoms with E-state index in [2.05, 4.69) is 10.6 Å². The number of fused-ring (bicyclic) bond motifs is 2. The topological polar surface area (TPSA) is 141 Å². The molecule has 0 spiro atoms. The fraction of sp³-hybridized carbons (Fsp3) is 0.231. The fourth-order valence-corrected chi connectivity index (χ4v) is 4.19. The minimum absolute atomic E-state index is 0.0138. The molecule has 1 aliphatic rings. The van der Waals surface area contributed by atoms with Gasteiger partial charge in [-0.1, -0.05) is 30.3 Å². The van der Waals surface area contributed by atoms with Crippen LogP contribution in [0.4, 0.5) is 10.5 Å². The Bertz CT molecular complexity index is 1410. The molecule has 2 aromatic carbocycles. The van der Waals surface area contributed by atoms with Crippen LogP contribution in [-0.2, 0) is 16.0 Å². The number of benzene rings is 2. The first-order valence-electron chi connectivity index (χ1n) is 11.4. The number of nitro benzene ring substituents is 1. The summed E-state index contributed by atoms with van der Waals surface area (Å²) in [6.07, 6.45) is 2.63. The van der Waals surface area contributed by atoms with Crippen LogP contribution >= 0.6 is 0 Å². The van der Waals surface area contributed by atoms with E-state index in [4.69, 9.17) is 9.72 Å². The molecule has 2 N–H and O–H groups in total. The van der Waals surface area contributed by atoms with Gasteiger partial charge >= 0.3 is 12.0 Å². The molecule has 0 radical (unpaired) electrons. The van der Waals surface area contributed by atoms with E-state index in [1.54, 1.807) is 30.3 Å². The molecule has 1 aliphatic carbocycles. The number of nitrogens with zero attached hydrogens (tertiary/aromatic N) is 2. The van der Waals surface area contributed by atoms with Gasteiger partial charge in [0.2, 0.25) is 0 Å². The van der Waals surface area contributed by atoms with Gasteiger partial charge in [0.1, 0.15) is 0 Å². The van der Waals surface area contributed by atoms with Gasteiger partial charge in [0.15, 0.2) is 6.10 Å². The molecule has 0 bridgehead atoms. The van der Waals surface area contributed by atoms with Crippen molar-refractivity contribution >= 4 is 46.1 Å². The second-order valence-corrected chi connectivity index (χ2v) is 8.32. The lowest BCUT2D eigenvalue weighted by molar-refractivity contribution is -0.384. The number of hydrogen-bond donors (Lipinski definition) is 2. The number of urea groups is 1. The van der Waals surface area contributed by atoms with Crippen molar-refractivity contribution in [1.29, 1.82) is 0 Å². The smallest absolute Gasteiger partial charge is 0.339 e. The summed E-state index contributed by atoms with van der Waals surface area (Å²) in [5, 5.41) is 16.2. The molecule has 1 heterocycles. The summed E-state index contributed by atoms with van der Waals surface area (Å²) in [5.41, 5.74) is 3.71. The molecule has 184 valence electrons. The van der Waals surface area contributed by atoms with Gasteiger partial charge in [-0.15, -0.1) is 0 Å². The number of nitro groups is 1. The number of rotatable bonds is 5. The van der Waals surface area contributed by atoms with E-state index < -0.39 is 28.9 Å². The van der Waals surface area contributed by atoms with Crippen molar-refractivity contribution in [3.63, 3.8) is 0 Å². The maximum Gasteiger partial charge on any atom is 0.339 e. The van der Waals surface area contributed by atoms with Crippen LogP contribution in [0.1, 0.15) is 46.9 Å². The monoisotopic (exact) mass is 488 g/mol. The molecule has 3 aromatic rings. The van der Waals surface area contributed by atoms with Gasteiger partial charge in [0.25, 0.3) is 11.6 Å². The average Bonchev–Trinajstić information content (AvgIpc) is 2.87. The van der Waals surface area contributed by atoms with E-state index in [1.807, 2.05) is 12.1 Å². The van der Waals surface area contributed by atoms with Crippen molar-refractivity contribution in [2.24, 2.45) is 0 Å². The number of non-ortho nitro benzene ring substituents is 1. The molecule has 4 rings (SSSR count). The van der Waals surface area contributed by atoms with Crippen LogP contribution in [0.5, 0.6) is 0 Å². The van der Waals surface area contributed by atoms with Gasteiger partial charge in [-0.2, -0.15) is 0 Å². The molecule has 0 unspecified atom stereocenters. The maximum absolute atomic E-state index is 13.4. The van der Waals surface area contributed by atoms with E-state index in [-0.39, 0.29) is 5.69 Å². The third-order valence-electron chi connectivity index (χ3n) is 5.91. The summed E-state index contributed by atoms with van der Waals surface area (Å²) < 4.78 is 5.46. The number of aromatic nitrogens is 1. The minimum atomic E-state index is -1.21. The molecular formula is C26H24N4O6. The summed E-state index contributed by atoms with van der Waals surface area (Å²) in [7, 11) is 1.37. The Morgan fingerprint density at radius 3 is 2.67 bits per heavy atom. The first kappa shape index (κ1) is 24.5. The molecule has 1 aromatic heterocycles. The zero-order chi connectivity index (χ0) is 25.8. The van der Waals surface area contributed by atoms with Gasteiger partial charge in [-0.3, -0.25) is 20.2 Å². The number of ether oxygens (including phenoxy) is 1. The van der Waals surface area contributed by atoms with Gasteiger partial charge in [0.05, 0.1) is 21.7 Å². The maximum atomic E-state index is 13.4. The SMILES string of the molecule is CNC(=O)NC(=O)[C@H](C)OC(=O)c1c2c(nc3ccccc13)/C(=C\c1cccc([N+](=O)[O-])c1)CCC2. The van der Waals surface area contributed by atoms with Crippen LogP contribution in [0.2, 0.25) is 0 Å². The van der Waals surface area contributed by atoms with Crippen molar-refractivity contribution in [1.82, 2.24) is 15.6 Å². The Kier molecular flexibility index (Phi) is 7.05. The second-order valence-electron chi connectivity index (χ2n) is 8.32. The lowest BCUT2D eigenvalue weighted by Gasteiger charge is -2.23. The van der Waals surface area contributed by atoms with Crippen LogP contribution in [0.3, 0.4) is 0 Å². The molecule has 0 aliphatic heterocycles. The number of para-hydroxylation sites is 1. The van der Waals surface area contributed by atoms with Gasteiger partial charge < -0.3 is 10.1 Å². The van der Waals surface area contributed by atoms with Crippen LogP contribution in [0.15, 0.2) is 48.5 Å². The highest BCUT2D eigenvalue weighted by molar-refractivity contribution is 6.07. The highest BCUT2D eigenvalue weighted by Crippen LogP contribution is 2.36. The third-order valence-corrected chi connectivity index (χ3v) is 5.91. The molecule has 1 atom stereocenters. The summed E-state index contributed by atoms with van der Waals surface area (Å²) in [4.78, 5) is 52.6. The number of carbonyl (C=O) groups excluding carboxylic acids is 3. The molecule has 3 amide bonds. The first-order chi connectivity index (χ1) is 17.3. The van der Waals surface area contributed by atoms with Crippen molar-refractivity contribution in [3.05, 3.63) is 81.0 Å². The highest BCUT2D eigenvalue weighted by Gasteiger charge is 2.28. The van der Waals surface area contributed by atoms with Gasteiger partial charge in [-0.05, 0) is 55.0 Å². The normalized spacial score (nSPS) is 14.6. The Morgan fingerprint density at radius 1 is 1.14 bits per heavy atom. The molecular weight excluding hydrogens is 464 g/mol. The lowest BCUT2D eigenvalue weighted by Crippen LogP contribution is -2.43. The standard InChI is InChI=1S/C26H24N4O6/c1-15(24(31)29-26(33)27-2)36-25(32)22-19-10-3-4-12-21(19)28-23-17(8-6-11-20(22)23)13-16-7-5-9-18(14-16)30(34)35/h3-5,7,9-10,12-15H,6,8,11H2,1-2H3,(H2,27,29,31,33)/b17-13-/t15-/m0/s1. The number of nitrogens with one attached hydrogen (secondary N) is 2. The van der Waals surface area contributed by atoms with Crippen LogP contribution in [0, 0.1) is 10.1 Å². The third kappa shape index (κ3) is 5.07. The van der Waals surface area contributed by atoms with Crippen molar-refractivity contribution in [3.8, 4) is 0 Å². The Hall–Kier alpha value is -4.60. The number of imide groups is 1.